The smallest absolute Gasteiger partial charge is 0.160 e. The summed E-state index contributed by atoms with van der Waals surface area (Å²) < 4.78 is 0. The van der Waals surface area contributed by atoms with Crippen LogP contribution in [-0.4, -0.2) is 6.29 Å². The van der Waals surface area contributed by atoms with Crippen LogP contribution < -0.4 is 0 Å². The highest BCUT2D eigenvalue weighted by Crippen LogP contribution is 2.38. The second kappa shape index (κ2) is 5.96. The molecule has 0 fully saturated rings. The molecule has 3 heteroatoms. The molecule has 0 amide bonds. The third-order valence-electron chi connectivity index (χ3n) is 3.68. The van der Waals surface area contributed by atoms with Crippen LogP contribution in [0.3, 0.4) is 0 Å². The Bertz CT molecular complexity index is 780. The molecule has 0 radical (unpaired) electrons. The van der Waals surface area contributed by atoms with Crippen molar-refractivity contribution >= 4 is 29.0 Å². The van der Waals surface area contributed by atoms with Crippen LogP contribution in [-0.2, 0) is 6.42 Å². The predicted molar refractivity (Wildman–Crippen MR) is 92.6 cm³/mol. The second-order valence-electron chi connectivity index (χ2n) is 4.93. The number of hydrogen-bond donors (Lipinski definition) is 0. The fourth-order valence-electron chi connectivity index (χ4n) is 2.50. The van der Waals surface area contributed by atoms with Crippen molar-refractivity contribution in [2.45, 2.75) is 20.3 Å². The molecule has 1 nitrogen and oxygen atoms in total. The van der Waals surface area contributed by atoms with Crippen LogP contribution in [0.1, 0.15) is 27.7 Å². The van der Waals surface area contributed by atoms with Crippen LogP contribution >= 0.6 is 22.7 Å². The molecule has 0 atom stereocenters. The van der Waals surface area contributed by atoms with Crippen molar-refractivity contribution in [2.75, 3.05) is 0 Å². The van der Waals surface area contributed by atoms with Gasteiger partial charge in [0.1, 0.15) is 0 Å². The number of benzene rings is 1. The molecular formula is C18H16OS2. The molecule has 0 saturated heterocycles. The van der Waals surface area contributed by atoms with Gasteiger partial charge in [-0.25, -0.2) is 0 Å². The number of carbonyl (C=O) groups excluding carboxylic acids is 1. The van der Waals surface area contributed by atoms with Gasteiger partial charge in [-0.15, -0.1) is 22.7 Å². The van der Waals surface area contributed by atoms with Crippen LogP contribution in [0.4, 0.5) is 0 Å². The zero-order valence-corrected chi connectivity index (χ0v) is 13.7. The zero-order chi connectivity index (χ0) is 14.8. The maximum atomic E-state index is 10.8. The molecule has 0 aliphatic rings. The summed E-state index contributed by atoms with van der Waals surface area (Å²) in [7, 11) is 0. The molecule has 0 unspecified atom stereocenters. The summed E-state index contributed by atoms with van der Waals surface area (Å²) in [5.74, 6) is 0. The first kappa shape index (κ1) is 14.2. The summed E-state index contributed by atoms with van der Waals surface area (Å²) in [4.78, 5) is 15.3. The summed E-state index contributed by atoms with van der Waals surface area (Å²) >= 11 is 3.34. The van der Waals surface area contributed by atoms with Crippen molar-refractivity contribution in [3.63, 3.8) is 0 Å². The van der Waals surface area contributed by atoms with Crippen molar-refractivity contribution in [2.24, 2.45) is 0 Å². The Hall–Kier alpha value is -1.71. The van der Waals surface area contributed by atoms with E-state index in [2.05, 4.69) is 44.2 Å². The SMILES string of the molecule is CCc1cccc(-c2ccc(-c3ccc(C=O)s3)s2)c1C. The standard InChI is InChI=1S/C18H16OS2/c1-3-13-5-4-6-15(12(13)2)16-9-10-18(21-16)17-8-7-14(11-19)20-17/h4-11H,3H2,1-2H3. The maximum absolute atomic E-state index is 10.8. The van der Waals surface area contributed by atoms with E-state index in [1.165, 1.54) is 26.4 Å². The highest BCUT2D eigenvalue weighted by Gasteiger charge is 2.10. The van der Waals surface area contributed by atoms with E-state index in [4.69, 9.17) is 0 Å². The topological polar surface area (TPSA) is 17.1 Å². The first-order valence-electron chi connectivity index (χ1n) is 6.97. The lowest BCUT2D eigenvalue weighted by Gasteiger charge is -2.08. The van der Waals surface area contributed by atoms with E-state index in [1.807, 2.05) is 12.1 Å². The number of rotatable bonds is 4. The highest BCUT2D eigenvalue weighted by molar-refractivity contribution is 7.24. The molecule has 3 rings (SSSR count). The normalized spacial score (nSPS) is 10.8. The quantitative estimate of drug-likeness (QED) is 0.554. The number of hydrogen-bond acceptors (Lipinski definition) is 3. The zero-order valence-electron chi connectivity index (χ0n) is 12.1. The highest BCUT2D eigenvalue weighted by atomic mass is 32.1. The third-order valence-corrected chi connectivity index (χ3v) is 6.01. The Morgan fingerprint density at radius 3 is 2.38 bits per heavy atom. The average Bonchev–Trinajstić information content (AvgIpc) is 3.16. The van der Waals surface area contributed by atoms with Gasteiger partial charge >= 0.3 is 0 Å². The number of thiophene rings is 2. The Balaban J connectivity index is 2.00. The molecule has 0 saturated carbocycles. The summed E-state index contributed by atoms with van der Waals surface area (Å²) in [5.41, 5.74) is 4.09. The van der Waals surface area contributed by atoms with Gasteiger partial charge in [0, 0.05) is 14.6 Å². The van der Waals surface area contributed by atoms with Crippen molar-refractivity contribution < 1.29 is 4.79 Å². The Kier molecular flexibility index (Phi) is 4.04. The summed E-state index contributed by atoms with van der Waals surface area (Å²) in [6.45, 7) is 4.39. The predicted octanol–water partition coefficient (Wildman–Crippen LogP) is 5.83. The lowest BCUT2D eigenvalue weighted by Crippen LogP contribution is -1.88. The van der Waals surface area contributed by atoms with Crippen LogP contribution in [0.2, 0.25) is 0 Å². The molecule has 2 aromatic heterocycles. The van der Waals surface area contributed by atoms with E-state index in [0.717, 1.165) is 22.5 Å². The fourth-order valence-corrected chi connectivity index (χ4v) is 4.50. The lowest BCUT2D eigenvalue weighted by molar-refractivity contribution is 0.112. The molecule has 0 spiro atoms. The minimum Gasteiger partial charge on any atom is -0.297 e. The van der Waals surface area contributed by atoms with Crippen LogP contribution in [0.15, 0.2) is 42.5 Å². The van der Waals surface area contributed by atoms with Gasteiger partial charge in [0.25, 0.3) is 0 Å². The Labute approximate surface area is 132 Å². The summed E-state index contributed by atoms with van der Waals surface area (Å²) in [6, 6.07) is 14.8. The van der Waals surface area contributed by atoms with Crippen LogP contribution in [0.25, 0.3) is 20.2 Å². The molecule has 0 N–H and O–H groups in total. The Morgan fingerprint density at radius 2 is 1.67 bits per heavy atom. The molecular weight excluding hydrogens is 296 g/mol. The van der Waals surface area contributed by atoms with Gasteiger partial charge in [-0.2, -0.15) is 0 Å². The first-order chi connectivity index (χ1) is 10.2. The molecule has 0 aliphatic carbocycles. The van der Waals surface area contributed by atoms with E-state index in [1.54, 1.807) is 22.7 Å². The Morgan fingerprint density at radius 1 is 0.952 bits per heavy atom. The van der Waals surface area contributed by atoms with Gasteiger partial charge < -0.3 is 0 Å². The van der Waals surface area contributed by atoms with E-state index >= 15 is 0 Å². The molecule has 106 valence electrons. The monoisotopic (exact) mass is 312 g/mol. The van der Waals surface area contributed by atoms with Crippen LogP contribution in [0, 0.1) is 6.92 Å². The van der Waals surface area contributed by atoms with Crippen molar-refractivity contribution in [1.82, 2.24) is 0 Å². The van der Waals surface area contributed by atoms with Gasteiger partial charge in [0.2, 0.25) is 0 Å². The van der Waals surface area contributed by atoms with Gasteiger partial charge in [-0.3, -0.25) is 4.79 Å². The summed E-state index contributed by atoms with van der Waals surface area (Å²) in [5, 5.41) is 0. The number of aldehydes is 1. The lowest BCUT2D eigenvalue weighted by atomic mass is 10.00. The van der Waals surface area contributed by atoms with Gasteiger partial charge in [0.05, 0.1) is 4.88 Å². The van der Waals surface area contributed by atoms with Crippen LogP contribution in [0.5, 0.6) is 0 Å². The molecule has 2 heterocycles. The molecule has 1 aromatic carbocycles. The van der Waals surface area contributed by atoms with E-state index < -0.39 is 0 Å². The van der Waals surface area contributed by atoms with Gasteiger partial charge in [0.15, 0.2) is 6.29 Å². The second-order valence-corrected chi connectivity index (χ2v) is 7.13. The molecule has 21 heavy (non-hydrogen) atoms. The molecule has 3 aromatic rings. The minimum atomic E-state index is 0.782. The van der Waals surface area contributed by atoms with Gasteiger partial charge in [-0.05, 0) is 54.3 Å². The molecule has 0 aliphatic heterocycles. The number of aryl methyl sites for hydroxylation is 1. The maximum Gasteiger partial charge on any atom is 0.160 e. The van der Waals surface area contributed by atoms with E-state index in [0.29, 0.717) is 0 Å². The fraction of sp³-hybridized carbons (Fsp3) is 0.167. The molecule has 0 bridgehead atoms. The van der Waals surface area contributed by atoms with Crippen molar-refractivity contribution in [1.29, 1.82) is 0 Å². The van der Waals surface area contributed by atoms with Gasteiger partial charge in [-0.1, -0.05) is 25.1 Å². The van der Waals surface area contributed by atoms with E-state index in [-0.39, 0.29) is 0 Å². The summed E-state index contributed by atoms with van der Waals surface area (Å²) in [6.07, 6.45) is 1.98. The largest absolute Gasteiger partial charge is 0.297 e. The van der Waals surface area contributed by atoms with E-state index in [9.17, 15) is 4.79 Å². The van der Waals surface area contributed by atoms with Crippen molar-refractivity contribution in [3.05, 3.63) is 58.5 Å². The minimum absolute atomic E-state index is 0.782. The first-order valence-corrected chi connectivity index (χ1v) is 8.60. The average molecular weight is 312 g/mol. The van der Waals surface area contributed by atoms with Crippen molar-refractivity contribution in [3.8, 4) is 20.2 Å². The number of carbonyl (C=O) groups is 1. The third kappa shape index (κ3) is 2.71.